The number of rotatable bonds is 6. The van der Waals surface area contributed by atoms with Crippen LogP contribution in [0.3, 0.4) is 0 Å². The van der Waals surface area contributed by atoms with Crippen molar-refractivity contribution in [1.82, 2.24) is 0 Å². The fourth-order valence-electron chi connectivity index (χ4n) is 1.99. The number of ketones is 1. The number of methoxy groups -OCH3 is 1. The molecule has 0 fully saturated rings. The summed E-state index contributed by atoms with van der Waals surface area (Å²) in [5, 5.41) is 2.77. The van der Waals surface area contributed by atoms with Gasteiger partial charge in [-0.2, -0.15) is 0 Å². The second-order valence-corrected chi connectivity index (χ2v) is 5.04. The lowest BCUT2D eigenvalue weighted by Gasteiger charge is -2.17. The van der Waals surface area contributed by atoms with Gasteiger partial charge in [-0.3, -0.25) is 9.59 Å². The number of para-hydroxylation sites is 1. The third kappa shape index (κ3) is 4.32. The van der Waals surface area contributed by atoms with Crippen LogP contribution in [0.5, 0.6) is 11.5 Å². The van der Waals surface area contributed by atoms with E-state index in [1.807, 2.05) is 18.2 Å². The van der Waals surface area contributed by atoms with E-state index in [4.69, 9.17) is 9.47 Å². The maximum absolute atomic E-state index is 12.2. The van der Waals surface area contributed by atoms with Crippen LogP contribution in [0.25, 0.3) is 0 Å². The maximum atomic E-state index is 12.2. The van der Waals surface area contributed by atoms with Gasteiger partial charge in [-0.1, -0.05) is 18.2 Å². The molecular formula is C18H19NO4. The Morgan fingerprint density at radius 2 is 1.74 bits per heavy atom. The highest BCUT2D eigenvalue weighted by Gasteiger charge is 2.17. The van der Waals surface area contributed by atoms with Gasteiger partial charge in [0.1, 0.15) is 0 Å². The third-order valence-electron chi connectivity index (χ3n) is 3.28. The van der Waals surface area contributed by atoms with Crippen molar-refractivity contribution < 1.29 is 19.1 Å². The summed E-state index contributed by atoms with van der Waals surface area (Å²) in [6.45, 7) is 3.13. The van der Waals surface area contributed by atoms with Crippen molar-refractivity contribution in [3.63, 3.8) is 0 Å². The number of benzene rings is 2. The third-order valence-corrected chi connectivity index (χ3v) is 3.28. The highest BCUT2D eigenvalue weighted by atomic mass is 16.5. The molecule has 0 heterocycles. The predicted octanol–water partition coefficient (Wildman–Crippen LogP) is 3.30. The van der Waals surface area contributed by atoms with Gasteiger partial charge in [-0.05, 0) is 44.2 Å². The summed E-state index contributed by atoms with van der Waals surface area (Å²) in [5.41, 5.74) is 1.22. The van der Waals surface area contributed by atoms with E-state index in [1.54, 1.807) is 37.3 Å². The summed E-state index contributed by atoms with van der Waals surface area (Å²) in [7, 11) is 1.49. The van der Waals surface area contributed by atoms with Crippen LogP contribution in [-0.2, 0) is 4.79 Å². The van der Waals surface area contributed by atoms with E-state index in [0.717, 1.165) is 0 Å². The van der Waals surface area contributed by atoms with Gasteiger partial charge in [-0.25, -0.2) is 0 Å². The molecule has 1 amide bonds. The zero-order valence-electron chi connectivity index (χ0n) is 13.3. The topological polar surface area (TPSA) is 64.6 Å². The molecule has 0 aliphatic heterocycles. The Morgan fingerprint density at radius 1 is 1.04 bits per heavy atom. The fraction of sp³-hybridized carbons (Fsp3) is 0.222. The highest BCUT2D eigenvalue weighted by Crippen LogP contribution is 2.29. The lowest BCUT2D eigenvalue weighted by atomic mass is 10.1. The number of Topliss-reactive ketones (excluding diaryl/α,β-unsaturated/α-hetero) is 1. The molecule has 0 saturated heterocycles. The van der Waals surface area contributed by atoms with Crippen LogP contribution in [-0.4, -0.2) is 24.9 Å². The molecule has 1 atom stereocenters. The van der Waals surface area contributed by atoms with Crippen molar-refractivity contribution in [3.8, 4) is 11.5 Å². The first-order valence-corrected chi connectivity index (χ1v) is 7.23. The molecule has 120 valence electrons. The number of nitrogens with one attached hydrogen (secondary N) is 1. The molecule has 0 radical (unpaired) electrons. The first kappa shape index (κ1) is 16.5. The molecule has 5 heteroatoms. The standard InChI is InChI=1S/C18H19NO4/c1-12(20)14-9-10-16(17(11-14)22-3)23-13(2)18(21)19-15-7-5-4-6-8-15/h4-11,13H,1-3H3,(H,19,21)/t13-/m0/s1. The van der Waals surface area contributed by atoms with Crippen LogP contribution >= 0.6 is 0 Å². The van der Waals surface area contributed by atoms with Crippen LogP contribution in [0.15, 0.2) is 48.5 Å². The lowest BCUT2D eigenvalue weighted by Crippen LogP contribution is -2.30. The van der Waals surface area contributed by atoms with Crippen molar-refractivity contribution in [2.45, 2.75) is 20.0 Å². The zero-order valence-corrected chi connectivity index (χ0v) is 13.3. The number of ether oxygens (including phenoxy) is 2. The molecule has 23 heavy (non-hydrogen) atoms. The summed E-state index contributed by atoms with van der Waals surface area (Å²) >= 11 is 0. The Hall–Kier alpha value is -2.82. The molecular weight excluding hydrogens is 294 g/mol. The second-order valence-electron chi connectivity index (χ2n) is 5.04. The number of anilines is 1. The Morgan fingerprint density at radius 3 is 2.35 bits per heavy atom. The monoisotopic (exact) mass is 313 g/mol. The number of carbonyl (C=O) groups excluding carboxylic acids is 2. The summed E-state index contributed by atoms with van der Waals surface area (Å²) < 4.78 is 10.9. The van der Waals surface area contributed by atoms with E-state index in [-0.39, 0.29) is 11.7 Å². The van der Waals surface area contributed by atoms with E-state index in [9.17, 15) is 9.59 Å². The van der Waals surface area contributed by atoms with Gasteiger partial charge in [0.05, 0.1) is 7.11 Å². The van der Waals surface area contributed by atoms with E-state index >= 15 is 0 Å². The van der Waals surface area contributed by atoms with Crippen LogP contribution in [0.1, 0.15) is 24.2 Å². The molecule has 0 spiro atoms. The van der Waals surface area contributed by atoms with Crippen LogP contribution in [0.4, 0.5) is 5.69 Å². The van der Waals surface area contributed by atoms with Crippen molar-refractivity contribution >= 4 is 17.4 Å². The molecule has 0 unspecified atom stereocenters. The number of amides is 1. The van der Waals surface area contributed by atoms with Gasteiger partial charge in [0, 0.05) is 11.3 Å². The molecule has 2 rings (SSSR count). The lowest BCUT2D eigenvalue weighted by molar-refractivity contribution is -0.122. The van der Waals surface area contributed by atoms with E-state index in [0.29, 0.717) is 22.7 Å². The minimum Gasteiger partial charge on any atom is -0.493 e. The van der Waals surface area contributed by atoms with Crippen LogP contribution in [0, 0.1) is 0 Å². The quantitative estimate of drug-likeness (QED) is 0.831. The molecule has 5 nitrogen and oxygen atoms in total. The first-order chi connectivity index (χ1) is 11.0. The van der Waals surface area contributed by atoms with Gasteiger partial charge >= 0.3 is 0 Å². The van der Waals surface area contributed by atoms with Crippen molar-refractivity contribution in [2.24, 2.45) is 0 Å². The molecule has 0 saturated carbocycles. The van der Waals surface area contributed by atoms with Gasteiger partial charge in [0.2, 0.25) is 0 Å². The SMILES string of the molecule is COc1cc(C(C)=O)ccc1O[C@@H](C)C(=O)Nc1ccccc1. The molecule has 0 bridgehead atoms. The molecule has 1 N–H and O–H groups in total. The summed E-state index contributed by atoms with van der Waals surface area (Å²) in [4.78, 5) is 23.6. The largest absolute Gasteiger partial charge is 0.493 e. The average Bonchev–Trinajstić information content (AvgIpc) is 2.55. The molecule has 0 aliphatic carbocycles. The number of hydrogen-bond acceptors (Lipinski definition) is 4. The first-order valence-electron chi connectivity index (χ1n) is 7.23. The fourth-order valence-corrected chi connectivity index (χ4v) is 1.99. The van der Waals surface area contributed by atoms with Gasteiger partial charge in [-0.15, -0.1) is 0 Å². The minimum absolute atomic E-state index is 0.0651. The van der Waals surface area contributed by atoms with Gasteiger partial charge in [0.25, 0.3) is 5.91 Å². The Labute approximate surface area is 135 Å². The number of carbonyl (C=O) groups is 2. The van der Waals surface area contributed by atoms with E-state index in [2.05, 4.69) is 5.32 Å². The van der Waals surface area contributed by atoms with Crippen molar-refractivity contribution in [1.29, 1.82) is 0 Å². The molecule has 2 aromatic rings. The van der Waals surface area contributed by atoms with E-state index in [1.165, 1.54) is 14.0 Å². The van der Waals surface area contributed by atoms with E-state index < -0.39 is 6.10 Å². The van der Waals surface area contributed by atoms with Gasteiger partial charge < -0.3 is 14.8 Å². The Balaban J connectivity index is 2.08. The predicted molar refractivity (Wildman–Crippen MR) is 88.2 cm³/mol. The van der Waals surface area contributed by atoms with Crippen molar-refractivity contribution in [3.05, 3.63) is 54.1 Å². The Bertz CT molecular complexity index is 697. The molecule has 2 aromatic carbocycles. The van der Waals surface area contributed by atoms with Crippen LogP contribution in [0.2, 0.25) is 0 Å². The zero-order chi connectivity index (χ0) is 16.8. The molecule has 0 aliphatic rings. The second kappa shape index (κ2) is 7.45. The minimum atomic E-state index is -0.715. The maximum Gasteiger partial charge on any atom is 0.265 e. The smallest absolute Gasteiger partial charge is 0.265 e. The van der Waals surface area contributed by atoms with Crippen LogP contribution < -0.4 is 14.8 Å². The van der Waals surface area contributed by atoms with Gasteiger partial charge in [0.15, 0.2) is 23.4 Å². The van der Waals surface area contributed by atoms with Crippen molar-refractivity contribution in [2.75, 3.05) is 12.4 Å². The Kier molecular flexibility index (Phi) is 5.36. The highest BCUT2D eigenvalue weighted by molar-refractivity contribution is 5.95. The average molecular weight is 313 g/mol. The summed E-state index contributed by atoms with van der Waals surface area (Å²) in [6.07, 6.45) is -0.715. The number of hydrogen-bond donors (Lipinski definition) is 1. The normalized spacial score (nSPS) is 11.4. The summed E-state index contributed by atoms with van der Waals surface area (Å²) in [5.74, 6) is 0.490. The molecule has 0 aromatic heterocycles. The summed E-state index contributed by atoms with van der Waals surface area (Å²) in [6, 6.07) is 14.0.